The topological polar surface area (TPSA) is 32.3 Å². The Balaban J connectivity index is 2.22. The zero-order chi connectivity index (χ0) is 15.6. The first-order chi connectivity index (χ1) is 9.80. The molecule has 0 aromatic heterocycles. The summed E-state index contributed by atoms with van der Waals surface area (Å²) in [5.74, 6) is 0.712. The van der Waals surface area contributed by atoms with Gasteiger partial charge in [-0.05, 0) is 11.5 Å². The van der Waals surface area contributed by atoms with Gasteiger partial charge in [-0.3, -0.25) is 4.79 Å². The van der Waals surface area contributed by atoms with Crippen LogP contribution in [0.2, 0.25) is 0 Å². The fourth-order valence-electron chi connectivity index (χ4n) is 2.94. The molecule has 3 nitrogen and oxygen atoms in total. The SMILES string of the molecule is CC(C)C1CNC(c2ccccc2)CN1C(=O)C(C)(C)C. The fourth-order valence-corrected chi connectivity index (χ4v) is 2.94. The van der Waals surface area contributed by atoms with E-state index in [1.165, 1.54) is 5.56 Å². The first-order valence-corrected chi connectivity index (χ1v) is 7.90. The summed E-state index contributed by atoms with van der Waals surface area (Å²) in [5.41, 5.74) is 0.928. The van der Waals surface area contributed by atoms with Crippen LogP contribution in [0.25, 0.3) is 0 Å². The summed E-state index contributed by atoms with van der Waals surface area (Å²) in [5, 5.41) is 3.61. The van der Waals surface area contributed by atoms with E-state index in [2.05, 4.69) is 48.3 Å². The first-order valence-electron chi connectivity index (χ1n) is 7.90. The van der Waals surface area contributed by atoms with Gasteiger partial charge in [0.25, 0.3) is 0 Å². The zero-order valence-corrected chi connectivity index (χ0v) is 13.9. The second-order valence-electron chi connectivity index (χ2n) is 7.39. The summed E-state index contributed by atoms with van der Waals surface area (Å²) in [4.78, 5) is 14.9. The third kappa shape index (κ3) is 3.65. The Bertz CT molecular complexity index is 476. The Kier molecular flexibility index (Phi) is 4.72. The quantitative estimate of drug-likeness (QED) is 0.906. The van der Waals surface area contributed by atoms with E-state index in [4.69, 9.17) is 0 Å². The molecule has 116 valence electrons. The van der Waals surface area contributed by atoms with Crippen molar-refractivity contribution >= 4 is 5.91 Å². The average molecular weight is 288 g/mol. The van der Waals surface area contributed by atoms with Gasteiger partial charge >= 0.3 is 0 Å². The van der Waals surface area contributed by atoms with Gasteiger partial charge in [-0.1, -0.05) is 65.0 Å². The Morgan fingerprint density at radius 2 is 1.86 bits per heavy atom. The molecule has 0 saturated carbocycles. The number of rotatable bonds is 2. The Labute approximate surface area is 128 Å². The maximum atomic E-state index is 12.8. The molecule has 0 radical (unpaired) electrons. The second kappa shape index (κ2) is 6.18. The van der Waals surface area contributed by atoms with Gasteiger partial charge in [-0.25, -0.2) is 0 Å². The number of amides is 1. The predicted molar refractivity (Wildman–Crippen MR) is 87.0 cm³/mol. The molecule has 1 amide bonds. The smallest absolute Gasteiger partial charge is 0.228 e. The number of hydrogen-bond acceptors (Lipinski definition) is 2. The van der Waals surface area contributed by atoms with E-state index >= 15 is 0 Å². The zero-order valence-electron chi connectivity index (χ0n) is 13.9. The van der Waals surface area contributed by atoms with Crippen molar-refractivity contribution in [3.8, 4) is 0 Å². The molecule has 0 bridgehead atoms. The molecule has 1 aliphatic heterocycles. The number of carbonyl (C=O) groups is 1. The molecule has 2 rings (SSSR count). The lowest BCUT2D eigenvalue weighted by atomic mass is 9.89. The van der Waals surface area contributed by atoms with Crippen LogP contribution in [0.1, 0.15) is 46.2 Å². The van der Waals surface area contributed by atoms with Crippen LogP contribution in [0.15, 0.2) is 30.3 Å². The predicted octanol–water partition coefficient (Wildman–Crippen LogP) is 3.23. The summed E-state index contributed by atoms with van der Waals surface area (Å²) in [6, 6.07) is 10.9. The number of piperazine rings is 1. The number of benzene rings is 1. The number of nitrogens with one attached hydrogen (secondary N) is 1. The summed E-state index contributed by atoms with van der Waals surface area (Å²) in [6.07, 6.45) is 0. The molecule has 1 N–H and O–H groups in total. The number of carbonyl (C=O) groups excluding carboxylic acids is 1. The highest BCUT2D eigenvalue weighted by Crippen LogP contribution is 2.28. The van der Waals surface area contributed by atoms with Crippen LogP contribution < -0.4 is 5.32 Å². The molecule has 3 heteroatoms. The maximum Gasteiger partial charge on any atom is 0.228 e. The Morgan fingerprint density at radius 3 is 2.38 bits per heavy atom. The van der Waals surface area contributed by atoms with E-state index in [1.54, 1.807) is 0 Å². The van der Waals surface area contributed by atoms with Gasteiger partial charge in [0.1, 0.15) is 0 Å². The summed E-state index contributed by atoms with van der Waals surface area (Å²) < 4.78 is 0. The van der Waals surface area contributed by atoms with Crippen molar-refractivity contribution in [1.82, 2.24) is 10.2 Å². The van der Waals surface area contributed by atoms with Gasteiger partial charge in [0.2, 0.25) is 5.91 Å². The van der Waals surface area contributed by atoms with Crippen molar-refractivity contribution < 1.29 is 4.79 Å². The van der Waals surface area contributed by atoms with Crippen molar-refractivity contribution in [3.05, 3.63) is 35.9 Å². The molecule has 2 unspecified atom stereocenters. The lowest BCUT2D eigenvalue weighted by Gasteiger charge is -2.45. The van der Waals surface area contributed by atoms with Gasteiger partial charge < -0.3 is 10.2 Å². The summed E-state index contributed by atoms with van der Waals surface area (Å²) >= 11 is 0. The highest BCUT2D eigenvalue weighted by Gasteiger charge is 2.37. The number of nitrogens with zero attached hydrogens (tertiary/aromatic N) is 1. The third-order valence-corrected chi connectivity index (χ3v) is 4.23. The van der Waals surface area contributed by atoms with Crippen LogP contribution in [0.5, 0.6) is 0 Å². The van der Waals surface area contributed by atoms with Gasteiger partial charge in [0, 0.05) is 30.6 Å². The fraction of sp³-hybridized carbons (Fsp3) is 0.611. The van der Waals surface area contributed by atoms with Gasteiger partial charge in [0.15, 0.2) is 0 Å². The molecule has 1 aromatic carbocycles. The van der Waals surface area contributed by atoms with Crippen molar-refractivity contribution in [2.24, 2.45) is 11.3 Å². The monoisotopic (exact) mass is 288 g/mol. The minimum absolute atomic E-state index is 0.229. The standard InChI is InChI=1S/C18H28N2O/c1-13(2)16-11-19-15(14-9-7-6-8-10-14)12-20(16)17(21)18(3,4)5/h6-10,13,15-16,19H,11-12H2,1-5H3. The maximum absolute atomic E-state index is 12.8. The van der Waals surface area contributed by atoms with Gasteiger partial charge in [-0.15, -0.1) is 0 Å². The molecule has 0 spiro atoms. The molecule has 0 aliphatic carbocycles. The Morgan fingerprint density at radius 1 is 1.24 bits per heavy atom. The third-order valence-electron chi connectivity index (χ3n) is 4.23. The van der Waals surface area contributed by atoms with E-state index < -0.39 is 0 Å². The van der Waals surface area contributed by atoms with E-state index in [1.807, 2.05) is 26.8 Å². The lowest BCUT2D eigenvalue weighted by molar-refractivity contribution is -0.144. The molecule has 1 aromatic rings. The van der Waals surface area contributed by atoms with Gasteiger partial charge in [0.05, 0.1) is 0 Å². The van der Waals surface area contributed by atoms with E-state index in [9.17, 15) is 4.79 Å². The van der Waals surface area contributed by atoms with Crippen molar-refractivity contribution in [2.45, 2.75) is 46.7 Å². The molecular formula is C18H28N2O. The lowest BCUT2D eigenvalue weighted by Crippen LogP contribution is -2.59. The van der Waals surface area contributed by atoms with E-state index in [0.717, 1.165) is 13.1 Å². The summed E-state index contributed by atoms with van der Waals surface area (Å²) in [6.45, 7) is 12.0. The molecule has 1 aliphatic rings. The van der Waals surface area contributed by atoms with Crippen LogP contribution in [-0.2, 0) is 4.79 Å². The van der Waals surface area contributed by atoms with Crippen molar-refractivity contribution in [3.63, 3.8) is 0 Å². The average Bonchev–Trinajstić information content (AvgIpc) is 2.45. The highest BCUT2D eigenvalue weighted by atomic mass is 16.2. The van der Waals surface area contributed by atoms with Crippen LogP contribution in [0.4, 0.5) is 0 Å². The normalized spacial score (nSPS) is 23.4. The molecule has 2 atom stereocenters. The minimum atomic E-state index is -0.328. The first kappa shape index (κ1) is 16.0. The van der Waals surface area contributed by atoms with E-state index in [-0.39, 0.29) is 23.4 Å². The second-order valence-corrected chi connectivity index (χ2v) is 7.39. The minimum Gasteiger partial charge on any atom is -0.336 e. The van der Waals surface area contributed by atoms with Crippen molar-refractivity contribution in [2.75, 3.05) is 13.1 Å². The number of hydrogen-bond donors (Lipinski definition) is 1. The van der Waals surface area contributed by atoms with Crippen LogP contribution in [0, 0.1) is 11.3 Å². The van der Waals surface area contributed by atoms with E-state index in [0.29, 0.717) is 5.92 Å². The highest BCUT2D eigenvalue weighted by molar-refractivity contribution is 5.82. The molecule has 21 heavy (non-hydrogen) atoms. The molecule has 1 heterocycles. The molecule has 1 fully saturated rings. The molecular weight excluding hydrogens is 260 g/mol. The summed E-state index contributed by atoms with van der Waals surface area (Å²) in [7, 11) is 0. The Hall–Kier alpha value is -1.35. The molecule has 1 saturated heterocycles. The van der Waals surface area contributed by atoms with Crippen LogP contribution in [-0.4, -0.2) is 29.9 Å². The van der Waals surface area contributed by atoms with Crippen molar-refractivity contribution in [1.29, 1.82) is 0 Å². The van der Waals surface area contributed by atoms with Gasteiger partial charge in [-0.2, -0.15) is 0 Å². The van der Waals surface area contributed by atoms with Crippen LogP contribution in [0.3, 0.4) is 0 Å². The largest absolute Gasteiger partial charge is 0.336 e. The van der Waals surface area contributed by atoms with Crippen LogP contribution >= 0.6 is 0 Å².